The molecule has 0 saturated heterocycles. The summed E-state index contributed by atoms with van der Waals surface area (Å²) in [4.78, 5) is 11.1. The molecule has 0 radical (unpaired) electrons. The van der Waals surface area contributed by atoms with Crippen LogP contribution in [0.25, 0.3) is 0 Å². The molecular weight excluding hydrogens is 270 g/mol. The van der Waals surface area contributed by atoms with Crippen molar-refractivity contribution in [2.75, 3.05) is 25.5 Å². The topological polar surface area (TPSA) is 92.7 Å². The van der Waals surface area contributed by atoms with Crippen molar-refractivity contribution in [2.24, 2.45) is 5.41 Å². The molecule has 1 fully saturated rings. The van der Waals surface area contributed by atoms with E-state index >= 15 is 0 Å². The summed E-state index contributed by atoms with van der Waals surface area (Å²) in [6, 6.07) is 0. The number of nitrogens with one attached hydrogen (secondary N) is 1. The van der Waals surface area contributed by atoms with Gasteiger partial charge in [0.2, 0.25) is 10.0 Å². The number of rotatable bonds is 8. The maximum atomic E-state index is 11.8. The quantitative estimate of drug-likeness (QED) is 0.632. The van der Waals surface area contributed by atoms with Crippen molar-refractivity contribution in [1.82, 2.24) is 4.72 Å². The van der Waals surface area contributed by atoms with Gasteiger partial charge in [0, 0.05) is 18.6 Å². The number of aliphatic hydroxyl groups excluding tert-OH is 1. The molecule has 1 aliphatic carbocycles. The minimum Gasteiger partial charge on any atom is -0.466 e. The van der Waals surface area contributed by atoms with Gasteiger partial charge < -0.3 is 9.84 Å². The Kier molecular flexibility index (Phi) is 6.22. The molecule has 1 rings (SSSR count). The van der Waals surface area contributed by atoms with Crippen molar-refractivity contribution in [2.45, 2.75) is 39.0 Å². The number of esters is 1. The van der Waals surface area contributed by atoms with Crippen LogP contribution in [0.15, 0.2) is 0 Å². The van der Waals surface area contributed by atoms with Crippen molar-refractivity contribution in [3.63, 3.8) is 0 Å². The Morgan fingerprint density at radius 2 is 2.00 bits per heavy atom. The van der Waals surface area contributed by atoms with E-state index in [1.165, 1.54) is 0 Å². The van der Waals surface area contributed by atoms with Crippen LogP contribution in [-0.4, -0.2) is 45.0 Å². The lowest BCUT2D eigenvalue weighted by Gasteiger charge is -2.26. The summed E-state index contributed by atoms with van der Waals surface area (Å²) in [6.45, 7) is 2.16. The van der Waals surface area contributed by atoms with Crippen LogP contribution in [-0.2, 0) is 19.6 Å². The van der Waals surface area contributed by atoms with Crippen LogP contribution in [0, 0.1) is 5.41 Å². The number of ether oxygens (including phenoxy) is 1. The van der Waals surface area contributed by atoms with Gasteiger partial charge in [0.05, 0.1) is 18.8 Å². The van der Waals surface area contributed by atoms with Gasteiger partial charge in [-0.15, -0.1) is 0 Å². The van der Waals surface area contributed by atoms with Gasteiger partial charge in [0.25, 0.3) is 0 Å². The van der Waals surface area contributed by atoms with E-state index in [0.717, 1.165) is 25.7 Å². The molecule has 6 nitrogen and oxygen atoms in total. The Hall–Kier alpha value is -0.660. The van der Waals surface area contributed by atoms with E-state index in [2.05, 4.69) is 9.46 Å². The van der Waals surface area contributed by atoms with Crippen LogP contribution < -0.4 is 4.72 Å². The molecule has 0 aromatic carbocycles. The van der Waals surface area contributed by atoms with Crippen molar-refractivity contribution >= 4 is 16.0 Å². The van der Waals surface area contributed by atoms with E-state index in [0.29, 0.717) is 0 Å². The fourth-order valence-corrected chi connectivity index (χ4v) is 3.41. The fraction of sp³-hybridized carbons (Fsp3) is 0.917. The zero-order valence-corrected chi connectivity index (χ0v) is 12.2. The first-order valence-corrected chi connectivity index (χ1v) is 8.32. The fourth-order valence-electron chi connectivity index (χ4n) is 2.30. The van der Waals surface area contributed by atoms with Gasteiger partial charge in [-0.2, -0.15) is 0 Å². The summed E-state index contributed by atoms with van der Waals surface area (Å²) >= 11 is 0. The van der Waals surface area contributed by atoms with Crippen LogP contribution in [0.2, 0.25) is 0 Å². The second-order valence-electron chi connectivity index (χ2n) is 5.06. The summed E-state index contributed by atoms with van der Waals surface area (Å²) in [7, 11) is -3.49. The van der Waals surface area contributed by atoms with Gasteiger partial charge in [0.15, 0.2) is 0 Å². The Morgan fingerprint density at radius 1 is 1.37 bits per heavy atom. The third-order valence-corrected chi connectivity index (χ3v) is 4.87. The van der Waals surface area contributed by atoms with Gasteiger partial charge in [-0.05, 0) is 19.8 Å². The average Bonchev–Trinajstić information content (AvgIpc) is 2.84. The molecule has 0 aromatic rings. The monoisotopic (exact) mass is 293 g/mol. The lowest BCUT2D eigenvalue weighted by atomic mass is 9.88. The van der Waals surface area contributed by atoms with Crippen LogP contribution in [0.5, 0.6) is 0 Å². The highest BCUT2D eigenvalue weighted by Gasteiger charge is 2.34. The molecule has 0 aromatic heterocycles. The average molecular weight is 293 g/mol. The number of hydrogen-bond donors (Lipinski definition) is 2. The van der Waals surface area contributed by atoms with Crippen molar-refractivity contribution < 1.29 is 23.1 Å². The predicted octanol–water partition coefficient (Wildman–Crippen LogP) is 0.412. The zero-order valence-electron chi connectivity index (χ0n) is 11.4. The van der Waals surface area contributed by atoms with Gasteiger partial charge in [-0.1, -0.05) is 12.8 Å². The van der Waals surface area contributed by atoms with E-state index in [9.17, 15) is 18.3 Å². The second-order valence-corrected chi connectivity index (χ2v) is 6.99. The molecule has 2 N–H and O–H groups in total. The maximum absolute atomic E-state index is 11.8. The molecule has 0 atom stereocenters. The highest BCUT2D eigenvalue weighted by molar-refractivity contribution is 7.89. The highest BCUT2D eigenvalue weighted by atomic mass is 32.2. The molecule has 1 aliphatic rings. The number of hydrogen-bond acceptors (Lipinski definition) is 5. The maximum Gasteiger partial charge on any atom is 0.306 e. The van der Waals surface area contributed by atoms with Crippen LogP contribution >= 0.6 is 0 Å². The summed E-state index contributed by atoms with van der Waals surface area (Å²) in [5.74, 6) is -0.779. The summed E-state index contributed by atoms with van der Waals surface area (Å²) < 4.78 is 30.7. The Labute approximate surface area is 114 Å². The Morgan fingerprint density at radius 3 is 2.53 bits per heavy atom. The molecule has 0 amide bonds. The zero-order chi connectivity index (χ0) is 14.4. The van der Waals surface area contributed by atoms with Crippen molar-refractivity contribution in [1.29, 1.82) is 0 Å². The van der Waals surface area contributed by atoms with E-state index in [1.807, 2.05) is 0 Å². The van der Waals surface area contributed by atoms with Gasteiger partial charge in [0.1, 0.15) is 0 Å². The molecule has 1 saturated carbocycles. The first-order chi connectivity index (χ1) is 8.93. The third kappa shape index (κ3) is 5.46. The predicted molar refractivity (Wildman–Crippen MR) is 71.0 cm³/mol. The largest absolute Gasteiger partial charge is 0.466 e. The number of sulfonamides is 1. The smallest absolute Gasteiger partial charge is 0.306 e. The normalized spacial score (nSPS) is 18.4. The van der Waals surface area contributed by atoms with Gasteiger partial charge in [-0.3, -0.25) is 4.79 Å². The molecular formula is C12H23NO5S. The number of carbonyl (C=O) groups is 1. The SMILES string of the molecule is CCOC(=O)CCS(=O)(=O)NCC1(CO)CCCC1. The van der Waals surface area contributed by atoms with E-state index < -0.39 is 16.0 Å². The first kappa shape index (κ1) is 16.4. The second kappa shape index (κ2) is 7.21. The minimum atomic E-state index is -3.49. The first-order valence-electron chi connectivity index (χ1n) is 6.67. The van der Waals surface area contributed by atoms with Gasteiger partial charge >= 0.3 is 5.97 Å². The highest BCUT2D eigenvalue weighted by Crippen LogP contribution is 2.36. The molecule has 0 heterocycles. The lowest BCUT2D eigenvalue weighted by molar-refractivity contribution is -0.142. The standard InChI is InChI=1S/C12H23NO5S/c1-2-18-11(15)5-8-19(16,17)13-9-12(10-14)6-3-4-7-12/h13-14H,2-10H2,1H3. The molecule has 19 heavy (non-hydrogen) atoms. The van der Waals surface area contributed by atoms with Gasteiger partial charge in [-0.25, -0.2) is 13.1 Å². The molecule has 7 heteroatoms. The molecule has 0 unspecified atom stereocenters. The molecule has 112 valence electrons. The summed E-state index contributed by atoms with van der Waals surface area (Å²) in [5, 5.41) is 9.39. The van der Waals surface area contributed by atoms with E-state index in [1.54, 1.807) is 6.92 Å². The van der Waals surface area contributed by atoms with Crippen LogP contribution in [0.1, 0.15) is 39.0 Å². The number of carbonyl (C=O) groups excluding carboxylic acids is 1. The molecule has 0 spiro atoms. The molecule has 0 aliphatic heterocycles. The minimum absolute atomic E-state index is 0.00655. The Bertz CT molecular complexity index is 387. The van der Waals surface area contributed by atoms with Crippen LogP contribution in [0.4, 0.5) is 0 Å². The third-order valence-electron chi connectivity index (χ3n) is 3.55. The van der Waals surface area contributed by atoms with Crippen molar-refractivity contribution in [3.8, 4) is 0 Å². The summed E-state index contributed by atoms with van der Waals surface area (Å²) in [6.07, 6.45) is 3.57. The summed E-state index contributed by atoms with van der Waals surface area (Å²) in [5.41, 5.74) is -0.322. The Balaban J connectivity index is 2.40. The van der Waals surface area contributed by atoms with Crippen LogP contribution in [0.3, 0.4) is 0 Å². The van der Waals surface area contributed by atoms with Crippen molar-refractivity contribution in [3.05, 3.63) is 0 Å². The number of aliphatic hydroxyl groups is 1. The lowest BCUT2D eigenvalue weighted by Crippen LogP contribution is -2.39. The van der Waals surface area contributed by atoms with E-state index in [-0.39, 0.29) is 37.3 Å². The van der Waals surface area contributed by atoms with E-state index in [4.69, 9.17) is 0 Å². The molecule has 0 bridgehead atoms.